The summed E-state index contributed by atoms with van der Waals surface area (Å²) in [5.74, 6) is 0.207. The third kappa shape index (κ3) is 5.45. The molecule has 4 heteroatoms. The van der Waals surface area contributed by atoms with Crippen molar-refractivity contribution >= 4 is 5.91 Å². The minimum atomic E-state index is -0.570. The third-order valence-electron chi connectivity index (χ3n) is 3.13. The van der Waals surface area contributed by atoms with Gasteiger partial charge in [0.2, 0.25) is 0 Å². The molecule has 0 saturated carbocycles. The van der Waals surface area contributed by atoms with Crippen LogP contribution in [-0.2, 0) is 4.79 Å². The summed E-state index contributed by atoms with van der Waals surface area (Å²) in [6.45, 7) is 1.90. The smallest absolute Gasteiger partial charge is 0.267 e. The van der Waals surface area contributed by atoms with Gasteiger partial charge in [0, 0.05) is 6.08 Å². The second kappa shape index (κ2) is 8.56. The number of ether oxygens (including phenoxy) is 1. The summed E-state index contributed by atoms with van der Waals surface area (Å²) >= 11 is 0. The molecule has 2 N–H and O–H groups in total. The van der Waals surface area contributed by atoms with Crippen LogP contribution in [0.5, 0.6) is 5.75 Å². The molecule has 1 unspecified atom stereocenters. The standard InChI is InChI=1S/C19H19NO3/c1-15(7-5-6-10-19(21)20-22)23-18-13-11-17(12-14-18)16-8-3-2-4-9-16/h2-15,22H,1H3,(H,20,21). The SMILES string of the molecule is CC(C=CC=CC(=O)NO)Oc1ccc(-c2ccccc2)cc1. The summed E-state index contributed by atoms with van der Waals surface area (Å²) in [5.41, 5.74) is 3.82. The van der Waals surface area contributed by atoms with Crippen LogP contribution >= 0.6 is 0 Å². The number of rotatable bonds is 6. The van der Waals surface area contributed by atoms with Crippen LogP contribution in [0.15, 0.2) is 78.9 Å². The van der Waals surface area contributed by atoms with Crippen molar-refractivity contribution < 1.29 is 14.7 Å². The fraction of sp³-hybridized carbons (Fsp3) is 0.105. The zero-order valence-corrected chi connectivity index (χ0v) is 12.8. The van der Waals surface area contributed by atoms with E-state index in [1.165, 1.54) is 23.2 Å². The van der Waals surface area contributed by atoms with Gasteiger partial charge in [-0.25, -0.2) is 5.48 Å². The van der Waals surface area contributed by atoms with E-state index in [-0.39, 0.29) is 6.10 Å². The van der Waals surface area contributed by atoms with Gasteiger partial charge in [-0.2, -0.15) is 0 Å². The summed E-state index contributed by atoms with van der Waals surface area (Å²) in [7, 11) is 0. The quantitative estimate of drug-likeness (QED) is 0.370. The highest BCUT2D eigenvalue weighted by molar-refractivity contribution is 5.86. The van der Waals surface area contributed by atoms with Gasteiger partial charge in [0.25, 0.3) is 5.91 Å². The lowest BCUT2D eigenvalue weighted by Gasteiger charge is -2.11. The number of hydrogen-bond donors (Lipinski definition) is 2. The number of carbonyl (C=O) groups is 1. The lowest BCUT2D eigenvalue weighted by atomic mass is 10.1. The Hall–Kier alpha value is -2.85. The molecule has 4 nitrogen and oxygen atoms in total. The number of allylic oxidation sites excluding steroid dienone is 2. The summed E-state index contributed by atoms with van der Waals surface area (Å²) in [5, 5.41) is 8.34. The van der Waals surface area contributed by atoms with Gasteiger partial charge in [0.1, 0.15) is 11.9 Å². The zero-order valence-electron chi connectivity index (χ0n) is 12.8. The van der Waals surface area contributed by atoms with E-state index in [2.05, 4.69) is 12.1 Å². The molecule has 0 aliphatic heterocycles. The van der Waals surface area contributed by atoms with Gasteiger partial charge in [-0.1, -0.05) is 54.6 Å². The average Bonchev–Trinajstić information content (AvgIpc) is 2.60. The Labute approximate surface area is 135 Å². The van der Waals surface area contributed by atoms with E-state index in [4.69, 9.17) is 9.94 Å². The Morgan fingerprint density at radius 1 is 1.04 bits per heavy atom. The first-order valence-electron chi connectivity index (χ1n) is 7.30. The van der Waals surface area contributed by atoms with Gasteiger partial charge < -0.3 is 4.74 Å². The van der Waals surface area contributed by atoms with Crippen LogP contribution in [0.3, 0.4) is 0 Å². The van der Waals surface area contributed by atoms with Crippen molar-refractivity contribution in [2.24, 2.45) is 0 Å². The van der Waals surface area contributed by atoms with Gasteiger partial charge in [-0.05, 0) is 36.3 Å². The van der Waals surface area contributed by atoms with E-state index in [9.17, 15) is 4.79 Å². The van der Waals surface area contributed by atoms with Crippen molar-refractivity contribution in [3.8, 4) is 16.9 Å². The van der Waals surface area contributed by atoms with Crippen LogP contribution in [0.2, 0.25) is 0 Å². The normalized spacial score (nSPS) is 12.4. The number of nitrogens with one attached hydrogen (secondary N) is 1. The van der Waals surface area contributed by atoms with Crippen LogP contribution in [0.25, 0.3) is 11.1 Å². The van der Waals surface area contributed by atoms with Crippen LogP contribution in [0.1, 0.15) is 6.92 Å². The lowest BCUT2D eigenvalue weighted by molar-refractivity contribution is -0.124. The van der Waals surface area contributed by atoms with Crippen molar-refractivity contribution in [3.05, 3.63) is 78.9 Å². The predicted molar refractivity (Wildman–Crippen MR) is 90.2 cm³/mol. The molecule has 2 aromatic carbocycles. The molecule has 1 atom stereocenters. The third-order valence-corrected chi connectivity index (χ3v) is 3.13. The largest absolute Gasteiger partial charge is 0.487 e. The molecule has 0 heterocycles. The molecule has 118 valence electrons. The van der Waals surface area contributed by atoms with E-state index < -0.39 is 5.91 Å². The van der Waals surface area contributed by atoms with E-state index in [0.717, 1.165) is 11.3 Å². The lowest BCUT2D eigenvalue weighted by Crippen LogP contribution is -2.14. The number of carbonyl (C=O) groups excluding carboxylic acids is 1. The van der Waals surface area contributed by atoms with E-state index in [1.54, 1.807) is 6.08 Å². The molecule has 0 aliphatic carbocycles. The van der Waals surface area contributed by atoms with Gasteiger partial charge in [0.05, 0.1) is 0 Å². The zero-order chi connectivity index (χ0) is 16.5. The topological polar surface area (TPSA) is 58.6 Å². The van der Waals surface area contributed by atoms with Gasteiger partial charge in [0.15, 0.2) is 0 Å². The molecule has 2 aromatic rings. The van der Waals surface area contributed by atoms with Crippen molar-refractivity contribution in [2.45, 2.75) is 13.0 Å². The monoisotopic (exact) mass is 309 g/mol. The highest BCUT2D eigenvalue weighted by atomic mass is 16.5. The first-order chi connectivity index (χ1) is 11.2. The Bertz CT molecular complexity index is 676. The molecular formula is C19H19NO3. The van der Waals surface area contributed by atoms with Crippen molar-refractivity contribution in [1.29, 1.82) is 0 Å². The number of amides is 1. The fourth-order valence-corrected chi connectivity index (χ4v) is 2.01. The Morgan fingerprint density at radius 3 is 2.35 bits per heavy atom. The molecule has 0 aliphatic rings. The summed E-state index contributed by atoms with van der Waals surface area (Å²) in [4.78, 5) is 10.8. The van der Waals surface area contributed by atoms with Crippen LogP contribution in [0, 0.1) is 0 Å². The van der Waals surface area contributed by atoms with Crippen molar-refractivity contribution in [3.63, 3.8) is 0 Å². The molecule has 0 bridgehead atoms. The maximum absolute atomic E-state index is 10.8. The molecular weight excluding hydrogens is 290 g/mol. The average molecular weight is 309 g/mol. The molecule has 1 amide bonds. The first kappa shape index (κ1) is 16.5. The van der Waals surface area contributed by atoms with Crippen molar-refractivity contribution in [2.75, 3.05) is 0 Å². The highest BCUT2D eigenvalue weighted by Gasteiger charge is 2.01. The predicted octanol–water partition coefficient (Wildman–Crippen LogP) is 3.74. The summed E-state index contributed by atoms with van der Waals surface area (Å²) in [6.07, 6.45) is 6.12. The molecule has 0 fully saturated rings. The molecule has 0 radical (unpaired) electrons. The Morgan fingerprint density at radius 2 is 1.70 bits per heavy atom. The first-order valence-corrected chi connectivity index (χ1v) is 7.30. The summed E-state index contributed by atoms with van der Waals surface area (Å²) < 4.78 is 5.77. The number of benzene rings is 2. The number of hydroxylamine groups is 1. The van der Waals surface area contributed by atoms with Crippen molar-refractivity contribution in [1.82, 2.24) is 5.48 Å². The van der Waals surface area contributed by atoms with Gasteiger partial charge >= 0.3 is 0 Å². The molecule has 2 rings (SSSR count). The second-order valence-corrected chi connectivity index (χ2v) is 4.93. The van der Waals surface area contributed by atoms with Crippen LogP contribution in [0.4, 0.5) is 0 Å². The summed E-state index contributed by atoms with van der Waals surface area (Å²) in [6, 6.07) is 18.1. The number of hydrogen-bond acceptors (Lipinski definition) is 3. The molecule has 23 heavy (non-hydrogen) atoms. The molecule has 0 spiro atoms. The maximum Gasteiger partial charge on any atom is 0.267 e. The van der Waals surface area contributed by atoms with E-state index >= 15 is 0 Å². The fourth-order valence-electron chi connectivity index (χ4n) is 2.01. The molecule has 0 saturated heterocycles. The second-order valence-electron chi connectivity index (χ2n) is 4.93. The Balaban J connectivity index is 1.92. The minimum Gasteiger partial charge on any atom is -0.487 e. The van der Waals surface area contributed by atoms with Crippen LogP contribution in [-0.4, -0.2) is 17.2 Å². The Kier molecular flexibility index (Phi) is 6.15. The van der Waals surface area contributed by atoms with E-state index in [1.807, 2.05) is 55.5 Å². The van der Waals surface area contributed by atoms with E-state index in [0.29, 0.717) is 0 Å². The highest BCUT2D eigenvalue weighted by Crippen LogP contribution is 2.22. The maximum atomic E-state index is 10.8. The molecule has 0 aromatic heterocycles. The minimum absolute atomic E-state index is 0.139. The van der Waals surface area contributed by atoms with Crippen LogP contribution < -0.4 is 10.2 Å². The van der Waals surface area contributed by atoms with Gasteiger partial charge in [-0.3, -0.25) is 10.0 Å². The van der Waals surface area contributed by atoms with Gasteiger partial charge in [-0.15, -0.1) is 0 Å².